The van der Waals surface area contributed by atoms with E-state index in [1.807, 2.05) is 49.4 Å². The summed E-state index contributed by atoms with van der Waals surface area (Å²) < 4.78 is 22.3. The molecule has 3 atom stereocenters. The van der Waals surface area contributed by atoms with Gasteiger partial charge in [-0.2, -0.15) is 0 Å². The third-order valence-corrected chi connectivity index (χ3v) is 5.60. The Balaban J connectivity index is 0.000000883. The number of ether oxygens (including phenoxy) is 4. The predicted molar refractivity (Wildman–Crippen MR) is 148 cm³/mol. The lowest BCUT2D eigenvalue weighted by Crippen LogP contribution is -2.36. The van der Waals surface area contributed by atoms with E-state index >= 15 is 0 Å². The van der Waals surface area contributed by atoms with Gasteiger partial charge in [0, 0.05) is 45.6 Å². The third-order valence-electron chi connectivity index (χ3n) is 5.24. The lowest BCUT2D eigenvalue weighted by molar-refractivity contribution is -0.169. The minimum atomic E-state index is -0.833. The maximum Gasteiger partial charge on any atom is 0.302 e. The van der Waals surface area contributed by atoms with Gasteiger partial charge in [0.15, 0.2) is 0 Å². The van der Waals surface area contributed by atoms with Crippen molar-refractivity contribution in [3.63, 3.8) is 0 Å². The number of benzene rings is 2. The highest BCUT2D eigenvalue weighted by Gasteiger charge is 2.33. The van der Waals surface area contributed by atoms with Crippen molar-refractivity contribution in [2.45, 2.75) is 72.2 Å². The molecular weight excluding hydrogens is 544 g/mol. The molecule has 220 valence electrons. The number of rotatable bonds is 8. The molecule has 0 amide bonds. The van der Waals surface area contributed by atoms with Crippen LogP contribution in [0.5, 0.6) is 5.75 Å². The maximum atomic E-state index is 11.5. The summed E-state index contributed by atoms with van der Waals surface area (Å²) >= 11 is 6.48. The van der Waals surface area contributed by atoms with Crippen LogP contribution >= 0.6 is 11.6 Å². The Kier molecular flexibility index (Phi) is 15.4. The molecule has 11 heteroatoms. The topological polar surface area (TPSA) is 146 Å². The average molecular weight is 581 g/mol. The van der Waals surface area contributed by atoms with Crippen molar-refractivity contribution in [3.8, 4) is 5.75 Å². The van der Waals surface area contributed by atoms with Crippen LogP contribution < -0.4 is 4.74 Å². The Labute approximate surface area is 239 Å². The van der Waals surface area contributed by atoms with Gasteiger partial charge in [-0.3, -0.25) is 19.2 Å². The van der Waals surface area contributed by atoms with Gasteiger partial charge >= 0.3 is 11.9 Å². The highest BCUT2D eigenvalue weighted by Crippen LogP contribution is 2.35. The zero-order valence-corrected chi connectivity index (χ0v) is 24.1. The van der Waals surface area contributed by atoms with Crippen LogP contribution in [0.25, 0.3) is 0 Å². The second-order valence-electron chi connectivity index (χ2n) is 8.89. The molecule has 0 aromatic heterocycles. The summed E-state index contributed by atoms with van der Waals surface area (Å²) in [6.45, 7) is 7.62. The van der Waals surface area contributed by atoms with Crippen molar-refractivity contribution < 1.29 is 48.3 Å². The number of carboxylic acid groups (broad SMARTS) is 2. The average Bonchev–Trinajstić information content (AvgIpc) is 2.84. The fourth-order valence-corrected chi connectivity index (χ4v) is 4.04. The summed E-state index contributed by atoms with van der Waals surface area (Å²) in [6.07, 6.45) is 0.709. The first-order valence-corrected chi connectivity index (χ1v) is 13.0. The van der Waals surface area contributed by atoms with E-state index < -0.39 is 11.9 Å². The lowest BCUT2D eigenvalue weighted by Gasteiger charge is -2.35. The van der Waals surface area contributed by atoms with Crippen LogP contribution in [0.2, 0.25) is 5.02 Å². The maximum absolute atomic E-state index is 11.5. The van der Waals surface area contributed by atoms with E-state index in [0.29, 0.717) is 30.9 Å². The molecule has 0 spiro atoms. The van der Waals surface area contributed by atoms with Crippen molar-refractivity contribution in [3.05, 3.63) is 64.2 Å². The normalized spacial score (nSPS) is 17.6. The quantitative estimate of drug-likeness (QED) is 0.398. The zero-order chi connectivity index (χ0) is 30.2. The molecule has 1 saturated heterocycles. The molecular formula is C29H37ClO10. The number of halogens is 1. The van der Waals surface area contributed by atoms with Crippen LogP contribution in [0.1, 0.15) is 70.3 Å². The van der Waals surface area contributed by atoms with Crippen LogP contribution in [-0.4, -0.2) is 59.5 Å². The monoisotopic (exact) mass is 580 g/mol. The molecule has 3 rings (SSSR count). The van der Waals surface area contributed by atoms with Crippen LogP contribution in [-0.2, 0) is 39.8 Å². The number of aliphatic carboxylic acids is 2. The predicted octanol–water partition coefficient (Wildman–Crippen LogP) is 5.23. The van der Waals surface area contributed by atoms with Crippen molar-refractivity contribution in [1.29, 1.82) is 0 Å². The molecule has 0 radical (unpaired) electrons. The summed E-state index contributed by atoms with van der Waals surface area (Å²) in [5.74, 6) is -1.54. The Morgan fingerprint density at radius 2 is 1.52 bits per heavy atom. The molecule has 1 heterocycles. The molecule has 0 bridgehead atoms. The van der Waals surface area contributed by atoms with E-state index in [2.05, 4.69) is 0 Å². The van der Waals surface area contributed by atoms with Gasteiger partial charge in [-0.1, -0.05) is 35.9 Å². The van der Waals surface area contributed by atoms with Gasteiger partial charge in [0.1, 0.15) is 18.5 Å². The molecule has 2 aromatic carbocycles. The fraction of sp³-hybridized carbons (Fsp3) is 0.448. The summed E-state index contributed by atoms with van der Waals surface area (Å²) in [7, 11) is 0. The van der Waals surface area contributed by atoms with E-state index in [1.165, 1.54) is 13.8 Å². The van der Waals surface area contributed by atoms with Crippen molar-refractivity contribution in [1.82, 2.24) is 0 Å². The third kappa shape index (κ3) is 14.5. The number of carbonyl (C=O) groups excluding carboxylic acids is 2. The largest absolute Gasteiger partial charge is 0.494 e. The molecule has 2 aromatic rings. The number of esters is 2. The lowest BCUT2D eigenvalue weighted by atomic mass is 9.94. The van der Waals surface area contributed by atoms with Gasteiger partial charge in [0.25, 0.3) is 11.9 Å². The second kappa shape index (κ2) is 17.9. The van der Waals surface area contributed by atoms with Gasteiger partial charge in [0.05, 0.1) is 18.8 Å². The number of carboxylic acids is 2. The summed E-state index contributed by atoms with van der Waals surface area (Å²) in [6, 6.07) is 13.8. The standard InChI is InChI=1S/C25H29ClO6.2C2H4O2/c1-4-29-21-8-5-18(6-9-21)11-20-12-19(7-10-24(20)26)25-14-22(31-17(3)28)13-23(32-25)15-30-16(2)27;2*1-2(3)4/h5-10,12,22-23,25H,4,11,13-15H2,1-3H3;2*1H3,(H,3,4)/t22-,23-,25+;;/m0../s1. The van der Waals surface area contributed by atoms with Gasteiger partial charge in [-0.25, -0.2) is 0 Å². The molecule has 2 N–H and O–H groups in total. The van der Waals surface area contributed by atoms with E-state index in [1.54, 1.807) is 0 Å². The van der Waals surface area contributed by atoms with Crippen molar-refractivity contribution in [2.75, 3.05) is 13.2 Å². The van der Waals surface area contributed by atoms with Gasteiger partial charge in [-0.05, 0) is 48.2 Å². The van der Waals surface area contributed by atoms with Gasteiger partial charge in [0.2, 0.25) is 0 Å². The van der Waals surface area contributed by atoms with E-state index in [4.69, 9.17) is 50.4 Å². The van der Waals surface area contributed by atoms with E-state index in [-0.39, 0.29) is 36.9 Å². The SMILES string of the molecule is CC(=O)O.CC(=O)O.CCOc1ccc(Cc2cc([C@H]3C[C@@H](OC(C)=O)C[C@@H](COC(C)=O)O3)ccc2Cl)cc1. The minimum Gasteiger partial charge on any atom is -0.494 e. The van der Waals surface area contributed by atoms with Crippen LogP contribution in [0, 0.1) is 0 Å². The van der Waals surface area contributed by atoms with Crippen molar-refractivity contribution in [2.24, 2.45) is 0 Å². The molecule has 1 fully saturated rings. The minimum absolute atomic E-state index is 0.121. The highest BCUT2D eigenvalue weighted by atomic mass is 35.5. The summed E-state index contributed by atoms with van der Waals surface area (Å²) in [5, 5.41) is 15.5. The smallest absolute Gasteiger partial charge is 0.302 e. The Morgan fingerprint density at radius 3 is 2.05 bits per heavy atom. The molecule has 40 heavy (non-hydrogen) atoms. The number of carbonyl (C=O) groups is 4. The van der Waals surface area contributed by atoms with Crippen LogP contribution in [0.4, 0.5) is 0 Å². The number of hydrogen-bond donors (Lipinski definition) is 2. The second-order valence-corrected chi connectivity index (χ2v) is 9.30. The molecule has 1 aliphatic heterocycles. The molecule has 0 aliphatic carbocycles. The Hall–Kier alpha value is -3.63. The zero-order valence-electron chi connectivity index (χ0n) is 23.3. The first-order valence-electron chi connectivity index (χ1n) is 12.7. The Morgan fingerprint density at radius 1 is 0.925 bits per heavy atom. The van der Waals surface area contributed by atoms with Crippen LogP contribution in [0.3, 0.4) is 0 Å². The van der Waals surface area contributed by atoms with E-state index in [0.717, 1.165) is 36.3 Å². The first kappa shape index (κ1) is 34.4. The number of hydrogen-bond acceptors (Lipinski definition) is 8. The molecule has 0 unspecified atom stereocenters. The van der Waals surface area contributed by atoms with Gasteiger partial charge < -0.3 is 29.2 Å². The highest BCUT2D eigenvalue weighted by molar-refractivity contribution is 6.31. The van der Waals surface area contributed by atoms with Crippen LogP contribution in [0.15, 0.2) is 42.5 Å². The van der Waals surface area contributed by atoms with Gasteiger partial charge in [-0.15, -0.1) is 0 Å². The summed E-state index contributed by atoms with van der Waals surface area (Å²) in [5.41, 5.74) is 3.03. The fourth-order valence-electron chi connectivity index (χ4n) is 3.86. The Bertz CT molecular complexity index is 1100. The molecule has 0 saturated carbocycles. The van der Waals surface area contributed by atoms with Crippen molar-refractivity contribution >= 4 is 35.5 Å². The van der Waals surface area contributed by atoms with E-state index in [9.17, 15) is 9.59 Å². The molecule has 1 aliphatic rings. The first-order chi connectivity index (χ1) is 18.8. The molecule has 10 nitrogen and oxygen atoms in total. The summed E-state index contributed by atoms with van der Waals surface area (Å²) in [4.78, 5) is 40.7.